The lowest BCUT2D eigenvalue weighted by Gasteiger charge is -2.38. The van der Waals surface area contributed by atoms with Gasteiger partial charge in [-0.3, -0.25) is 9.69 Å². The molecule has 1 rings (SSSR count). The van der Waals surface area contributed by atoms with Gasteiger partial charge in [-0.2, -0.15) is 0 Å². The molecule has 0 aromatic carbocycles. The van der Waals surface area contributed by atoms with Crippen molar-refractivity contribution in [2.24, 2.45) is 10.9 Å². The molecule has 1 amide bonds. The Balaban J connectivity index is 2.44. The molecular weight excluding hydrogens is 268 g/mol. The Hall–Kier alpha value is -1.30. The summed E-state index contributed by atoms with van der Waals surface area (Å²) < 4.78 is 0. The highest BCUT2D eigenvalue weighted by atomic mass is 16.4. The molecule has 0 spiro atoms. The fourth-order valence-corrected chi connectivity index (χ4v) is 2.82. The van der Waals surface area contributed by atoms with E-state index >= 15 is 0 Å². The number of amidine groups is 1. The van der Waals surface area contributed by atoms with Crippen molar-refractivity contribution in [3.05, 3.63) is 0 Å². The molecule has 3 N–H and O–H groups in total. The summed E-state index contributed by atoms with van der Waals surface area (Å²) in [5.74, 6) is 0.540. The molecule has 1 aliphatic rings. The first kappa shape index (κ1) is 17.8. The molecule has 21 heavy (non-hydrogen) atoms. The highest BCUT2D eigenvalue weighted by molar-refractivity contribution is 5.85. The SMILES string of the molecule is CCCCCC(=O)N1CCN(C(CCC)C(N)=NO)CC1. The number of carbonyl (C=O) groups excluding carboxylic acids is 1. The van der Waals surface area contributed by atoms with Crippen LogP contribution in [0.1, 0.15) is 52.4 Å². The van der Waals surface area contributed by atoms with Crippen LogP contribution in [-0.4, -0.2) is 59.0 Å². The Morgan fingerprint density at radius 2 is 1.86 bits per heavy atom. The summed E-state index contributed by atoms with van der Waals surface area (Å²) in [5, 5.41) is 12.1. The van der Waals surface area contributed by atoms with E-state index in [1.54, 1.807) is 0 Å². The van der Waals surface area contributed by atoms with E-state index in [1.165, 1.54) is 0 Å². The summed E-state index contributed by atoms with van der Waals surface area (Å²) in [6, 6.07) is -0.0163. The molecule has 1 atom stereocenters. The van der Waals surface area contributed by atoms with Crippen LogP contribution < -0.4 is 5.73 Å². The van der Waals surface area contributed by atoms with Crippen LogP contribution in [0, 0.1) is 0 Å². The summed E-state index contributed by atoms with van der Waals surface area (Å²) in [6.45, 7) is 7.30. The lowest BCUT2D eigenvalue weighted by atomic mass is 10.1. The summed E-state index contributed by atoms with van der Waals surface area (Å²) in [5.41, 5.74) is 5.79. The number of rotatable bonds is 8. The first-order chi connectivity index (χ1) is 10.1. The zero-order valence-corrected chi connectivity index (χ0v) is 13.4. The van der Waals surface area contributed by atoms with Crippen LogP contribution in [0.2, 0.25) is 0 Å². The predicted molar refractivity (Wildman–Crippen MR) is 84.4 cm³/mol. The summed E-state index contributed by atoms with van der Waals surface area (Å²) >= 11 is 0. The van der Waals surface area contributed by atoms with Crippen molar-refractivity contribution in [1.29, 1.82) is 0 Å². The molecule has 0 radical (unpaired) electrons. The lowest BCUT2D eigenvalue weighted by molar-refractivity contribution is -0.133. The fraction of sp³-hybridized carbons (Fsp3) is 0.867. The summed E-state index contributed by atoms with van der Waals surface area (Å²) in [4.78, 5) is 16.2. The van der Waals surface area contributed by atoms with Gasteiger partial charge in [0.05, 0.1) is 6.04 Å². The Morgan fingerprint density at radius 3 is 2.38 bits per heavy atom. The van der Waals surface area contributed by atoms with Crippen molar-refractivity contribution in [2.45, 2.75) is 58.4 Å². The number of nitrogens with zero attached hydrogens (tertiary/aromatic N) is 3. The van der Waals surface area contributed by atoms with E-state index in [4.69, 9.17) is 10.9 Å². The summed E-state index contributed by atoms with van der Waals surface area (Å²) in [7, 11) is 0. The van der Waals surface area contributed by atoms with Gasteiger partial charge in [0.25, 0.3) is 0 Å². The molecule has 0 saturated carbocycles. The van der Waals surface area contributed by atoms with Gasteiger partial charge in [0.1, 0.15) is 0 Å². The Labute approximate surface area is 128 Å². The van der Waals surface area contributed by atoms with Crippen LogP contribution in [0.25, 0.3) is 0 Å². The van der Waals surface area contributed by atoms with Gasteiger partial charge in [0.15, 0.2) is 5.84 Å². The molecule has 1 fully saturated rings. The van der Waals surface area contributed by atoms with E-state index in [9.17, 15) is 4.79 Å². The second-order valence-electron chi connectivity index (χ2n) is 5.70. The first-order valence-electron chi connectivity index (χ1n) is 8.13. The van der Waals surface area contributed by atoms with Gasteiger partial charge in [-0.15, -0.1) is 0 Å². The van der Waals surface area contributed by atoms with Crippen molar-refractivity contribution in [3.63, 3.8) is 0 Å². The number of nitrogens with two attached hydrogens (primary N) is 1. The van der Waals surface area contributed by atoms with Crippen molar-refractivity contribution in [2.75, 3.05) is 26.2 Å². The van der Waals surface area contributed by atoms with E-state index in [-0.39, 0.29) is 17.8 Å². The van der Waals surface area contributed by atoms with Gasteiger partial charge < -0.3 is 15.8 Å². The average Bonchev–Trinajstić information content (AvgIpc) is 2.52. The molecule has 1 aliphatic heterocycles. The minimum absolute atomic E-state index is 0.0163. The number of unbranched alkanes of at least 4 members (excludes halogenated alkanes) is 2. The van der Waals surface area contributed by atoms with Gasteiger partial charge >= 0.3 is 0 Å². The molecular formula is C15H30N4O2. The topological polar surface area (TPSA) is 82.2 Å². The average molecular weight is 298 g/mol. The number of piperazine rings is 1. The maximum Gasteiger partial charge on any atom is 0.222 e. The molecule has 6 nitrogen and oxygen atoms in total. The highest BCUT2D eigenvalue weighted by Gasteiger charge is 2.27. The molecule has 0 bridgehead atoms. The minimum atomic E-state index is -0.0163. The van der Waals surface area contributed by atoms with Crippen LogP contribution in [0.15, 0.2) is 5.16 Å². The van der Waals surface area contributed by atoms with Crippen LogP contribution in [-0.2, 0) is 4.79 Å². The van der Waals surface area contributed by atoms with E-state index in [0.29, 0.717) is 6.42 Å². The smallest absolute Gasteiger partial charge is 0.222 e. The molecule has 122 valence electrons. The Bertz CT molecular complexity index is 339. The second-order valence-corrected chi connectivity index (χ2v) is 5.70. The molecule has 1 heterocycles. The fourth-order valence-electron chi connectivity index (χ4n) is 2.82. The third kappa shape index (κ3) is 5.53. The zero-order valence-electron chi connectivity index (χ0n) is 13.4. The lowest BCUT2D eigenvalue weighted by Crippen LogP contribution is -2.55. The third-order valence-electron chi connectivity index (χ3n) is 4.12. The van der Waals surface area contributed by atoms with Crippen LogP contribution >= 0.6 is 0 Å². The van der Waals surface area contributed by atoms with E-state index in [2.05, 4.69) is 23.9 Å². The van der Waals surface area contributed by atoms with Gasteiger partial charge in [-0.1, -0.05) is 38.3 Å². The van der Waals surface area contributed by atoms with E-state index in [1.807, 2.05) is 4.90 Å². The third-order valence-corrected chi connectivity index (χ3v) is 4.12. The van der Waals surface area contributed by atoms with Gasteiger partial charge in [0.2, 0.25) is 5.91 Å². The van der Waals surface area contributed by atoms with E-state index < -0.39 is 0 Å². The maximum atomic E-state index is 12.1. The Kier molecular flexibility index (Phi) is 8.12. The summed E-state index contributed by atoms with van der Waals surface area (Å²) in [6.07, 6.45) is 5.76. The van der Waals surface area contributed by atoms with E-state index in [0.717, 1.165) is 58.3 Å². The van der Waals surface area contributed by atoms with Gasteiger partial charge in [-0.05, 0) is 12.8 Å². The van der Waals surface area contributed by atoms with Gasteiger partial charge in [-0.25, -0.2) is 0 Å². The molecule has 1 saturated heterocycles. The minimum Gasteiger partial charge on any atom is -0.409 e. The number of carbonyl (C=O) groups is 1. The monoisotopic (exact) mass is 298 g/mol. The van der Waals surface area contributed by atoms with Crippen molar-refractivity contribution in [3.8, 4) is 0 Å². The first-order valence-corrected chi connectivity index (χ1v) is 8.13. The molecule has 0 aromatic heterocycles. The number of hydrogen-bond acceptors (Lipinski definition) is 4. The number of oxime groups is 1. The highest BCUT2D eigenvalue weighted by Crippen LogP contribution is 2.13. The van der Waals surface area contributed by atoms with Crippen molar-refractivity contribution in [1.82, 2.24) is 9.80 Å². The normalized spacial score (nSPS) is 18.8. The van der Waals surface area contributed by atoms with Crippen LogP contribution in [0.4, 0.5) is 0 Å². The second kappa shape index (κ2) is 9.60. The number of amides is 1. The predicted octanol–water partition coefficient (Wildman–Crippen LogP) is 1.63. The molecule has 1 unspecified atom stereocenters. The quantitative estimate of drug-likeness (QED) is 0.234. The van der Waals surface area contributed by atoms with Crippen molar-refractivity contribution < 1.29 is 10.0 Å². The Morgan fingerprint density at radius 1 is 1.19 bits per heavy atom. The maximum absolute atomic E-state index is 12.1. The van der Waals surface area contributed by atoms with Crippen LogP contribution in [0.3, 0.4) is 0 Å². The van der Waals surface area contributed by atoms with Crippen LogP contribution in [0.5, 0.6) is 0 Å². The largest absolute Gasteiger partial charge is 0.409 e. The van der Waals surface area contributed by atoms with Crippen molar-refractivity contribution >= 4 is 11.7 Å². The molecule has 6 heteroatoms. The standard InChI is InChI=1S/C15H30N4O2/c1-3-5-6-8-14(20)19-11-9-18(10-12-19)13(7-4-2)15(16)17-21/h13,21H,3-12H2,1-2H3,(H2,16,17). The van der Waals surface area contributed by atoms with Gasteiger partial charge in [0, 0.05) is 32.6 Å². The number of hydrogen-bond donors (Lipinski definition) is 2. The zero-order chi connectivity index (χ0) is 15.7. The molecule has 0 aliphatic carbocycles. The molecule has 0 aromatic rings.